The Balaban J connectivity index is -0.0000000300. The summed E-state index contributed by atoms with van der Waals surface area (Å²) in [5.41, 5.74) is 0. The maximum Gasteiger partial charge on any atom is 3.00 e. The molecule has 0 atom stereocenters. The molecular weight excluding hydrogens is 300 g/mol. The molecule has 0 aliphatic rings. The molecule has 0 aromatic heterocycles. The number of rotatable bonds is 0. The molecule has 0 aliphatic heterocycles. The Labute approximate surface area is 120 Å². The van der Waals surface area contributed by atoms with E-state index >= 15 is 0 Å². The fourth-order valence-corrected chi connectivity index (χ4v) is 0. The zero-order chi connectivity index (χ0) is 7.15. The summed E-state index contributed by atoms with van der Waals surface area (Å²) < 4.78 is 0. The van der Waals surface area contributed by atoms with E-state index in [-0.39, 0.29) is 79.5 Å². The van der Waals surface area contributed by atoms with Gasteiger partial charge in [-0.05, 0) is 12.3 Å². The maximum absolute atomic E-state index is 8.33. The van der Waals surface area contributed by atoms with Crippen LogP contribution in [0.2, 0.25) is 0 Å². The molecule has 0 bridgehead atoms. The molecule has 10 heavy (non-hydrogen) atoms. The standard InChI is InChI=1S/2CH2O3.Ca.Ce/c2*2-1(3)4;;/h2*(H2,2,3,4);;/q;;+2;+3/p-4. The van der Waals surface area contributed by atoms with Gasteiger partial charge in [-0.15, -0.1) is 0 Å². The first-order valence-electron chi connectivity index (χ1n) is 1.22. The Morgan fingerprint density at radius 2 is 0.800 bits per heavy atom. The van der Waals surface area contributed by atoms with Crippen LogP contribution in [0.1, 0.15) is 0 Å². The number of hydrogen-bond donors (Lipinski definition) is 0. The predicted molar refractivity (Wildman–Crippen MR) is 16.5 cm³/mol. The van der Waals surface area contributed by atoms with Gasteiger partial charge in [0.2, 0.25) is 0 Å². The first-order valence-corrected chi connectivity index (χ1v) is 1.22. The number of carbonyl (C=O) groups excluding carboxylic acids is 2. The van der Waals surface area contributed by atoms with Crippen molar-refractivity contribution in [3.05, 3.63) is 0 Å². The first-order chi connectivity index (χ1) is 3.46. The maximum atomic E-state index is 8.33. The van der Waals surface area contributed by atoms with Gasteiger partial charge in [0.25, 0.3) is 0 Å². The minimum absolute atomic E-state index is 0. The van der Waals surface area contributed by atoms with E-state index in [1.165, 1.54) is 0 Å². The molecule has 0 aromatic rings. The van der Waals surface area contributed by atoms with Crippen molar-refractivity contribution in [1.82, 2.24) is 0 Å². The predicted octanol–water partition coefficient (Wildman–Crippen LogP) is -5.27. The third-order valence-electron chi connectivity index (χ3n) is 0. The van der Waals surface area contributed by atoms with Gasteiger partial charge in [0, 0.05) is 0 Å². The van der Waals surface area contributed by atoms with Crippen molar-refractivity contribution in [2.45, 2.75) is 0 Å². The average molecular weight is 300 g/mol. The molecule has 0 saturated carbocycles. The Morgan fingerprint density at radius 1 is 0.800 bits per heavy atom. The Morgan fingerprint density at radius 3 is 0.800 bits per heavy atom. The van der Waals surface area contributed by atoms with Crippen LogP contribution in [0, 0.1) is 41.7 Å². The van der Waals surface area contributed by atoms with Gasteiger partial charge in [0.1, 0.15) is 0 Å². The van der Waals surface area contributed by atoms with Crippen LogP contribution >= 0.6 is 0 Å². The second-order valence-electron chi connectivity index (χ2n) is 0.500. The molecule has 0 unspecified atom stereocenters. The van der Waals surface area contributed by atoms with Crippen LogP contribution in [-0.2, 0) is 0 Å². The second-order valence-corrected chi connectivity index (χ2v) is 0.500. The van der Waals surface area contributed by atoms with Crippen LogP contribution in [0.25, 0.3) is 0 Å². The molecule has 0 spiro atoms. The Kier molecular flexibility index (Phi) is 37.4. The van der Waals surface area contributed by atoms with Gasteiger partial charge < -0.3 is 30.0 Å². The van der Waals surface area contributed by atoms with Gasteiger partial charge in [-0.25, -0.2) is 0 Å². The topological polar surface area (TPSA) is 126 Å². The van der Waals surface area contributed by atoms with E-state index in [4.69, 9.17) is 30.0 Å². The molecule has 1 radical (unpaired) electrons. The Bertz CT molecular complexity index is 73.7. The summed E-state index contributed by atoms with van der Waals surface area (Å²) in [7, 11) is 0. The molecule has 0 aromatic carbocycles. The monoisotopic (exact) mass is 300 g/mol. The van der Waals surface area contributed by atoms with Crippen LogP contribution in [0.5, 0.6) is 0 Å². The molecule has 0 rings (SSSR count). The van der Waals surface area contributed by atoms with Crippen LogP contribution in [0.15, 0.2) is 0 Å². The van der Waals surface area contributed by atoms with E-state index in [1.807, 2.05) is 0 Å². The minimum atomic E-state index is -2.33. The first kappa shape index (κ1) is 22.5. The van der Waals surface area contributed by atoms with Gasteiger partial charge in [0.15, 0.2) is 0 Å². The van der Waals surface area contributed by atoms with E-state index in [9.17, 15) is 0 Å². The van der Waals surface area contributed by atoms with Crippen LogP contribution in [0.3, 0.4) is 0 Å². The van der Waals surface area contributed by atoms with Crippen LogP contribution in [-0.4, -0.2) is 50.0 Å². The summed E-state index contributed by atoms with van der Waals surface area (Å²) in [6, 6.07) is 0. The summed E-state index contributed by atoms with van der Waals surface area (Å²) in [4.78, 5) is 16.7. The third kappa shape index (κ3) is 443. The zero-order valence-corrected chi connectivity index (χ0v) is 10.0. The molecule has 0 aliphatic carbocycles. The summed E-state index contributed by atoms with van der Waals surface area (Å²) >= 11 is 0. The summed E-state index contributed by atoms with van der Waals surface area (Å²) in [5, 5.41) is 33.3. The van der Waals surface area contributed by atoms with Crippen molar-refractivity contribution >= 4 is 50.0 Å². The normalized spacial score (nSPS) is 4.80. The van der Waals surface area contributed by atoms with Gasteiger partial charge in [0.05, 0.1) is 0 Å². The summed E-state index contributed by atoms with van der Waals surface area (Å²) in [6.45, 7) is 0. The van der Waals surface area contributed by atoms with Crippen molar-refractivity contribution in [2.24, 2.45) is 0 Å². The van der Waals surface area contributed by atoms with Gasteiger partial charge in [-0.1, -0.05) is 0 Å². The SMILES string of the molecule is O=C([O-])[O-].O=C([O-])[O-].[Ca+2].[Ce+3]. The number of carbonyl (C=O) groups is 2. The molecule has 49 valence electrons. The second kappa shape index (κ2) is 16.6. The van der Waals surface area contributed by atoms with Gasteiger partial charge >= 0.3 is 79.5 Å². The summed E-state index contributed by atoms with van der Waals surface area (Å²) in [6.07, 6.45) is -4.67. The summed E-state index contributed by atoms with van der Waals surface area (Å²) in [5.74, 6) is 0. The van der Waals surface area contributed by atoms with E-state index in [2.05, 4.69) is 0 Å². The molecule has 8 heteroatoms. The number of hydrogen-bond acceptors (Lipinski definition) is 6. The van der Waals surface area contributed by atoms with E-state index < -0.39 is 12.3 Å². The average Bonchev–Trinajstić information content (AvgIpc) is 1.25. The Hall–Kier alpha value is 1.18. The van der Waals surface area contributed by atoms with Crippen LogP contribution < -0.4 is 20.4 Å². The van der Waals surface area contributed by atoms with E-state index in [1.54, 1.807) is 0 Å². The molecule has 0 N–H and O–H groups in total. The molecule has 0 amide bonds. The smallest absolute Gasteiger partial charge is 0.652 e. The molecule has 6 nitrogen and oxygen atoms in total. The molecule has 0 saturated heterocycles. The van der Waals surface area contributed by atoms with Crippen LogP contribution in [0.4, 0.5) is 9.59 Å². The van der Waals surface area contributed by atoms with E-state index in [0.717, 1.165) is 0 Å². The quantitative estimate of drug-likeness (QED) is 0.411. The molecular formula is C2CaCeO6+. The number of carboxylic acid groups (broad SMARTS) is 4. The minimum Gasteiger partial charge on any atom is -0.652 e. The van der Waals surface area contributed by atoms with Crippen molar-refractivity contribution in [1.29, 1.82) is 0 Å². The fourth-order valence-electron chi connectivity index (χ4n) is 0. The van der Waals surface area contributed by atoms with Gasteiger partial charge in [-0.3, -0.25) is 0 Å². The zero-order valence-electron chi connectivity index (χ0n) is 4.66. The fraction of sp³-hybridized carbons (Fsp3) is 0. The van der Waals surface area contributed by atoms with Crippen molar-refractivity contribution in [3.8, 4) is 0 Å². The van der Waals surface area contributed by atoms with Gasteiger partial charge in [-0.2, -0.15) is 0 Å². The largest absolute Gasteiger partial charge is 3.00 e. The molecule has 0 heterocycles. The van der Waals surface area contributed by atoms with Crippen molar-refractivity contribution in [3.63, 3.8) is 0 Å². The third-order valence-corrected chi connectivity index (χ3v) is 0. The van der Waals surface area contributed by atoms with Crippen molar-refractivity contribution in [2.75, 3.05) is 0 Å². The molecule has 0 fully saturated rings. The van der Waals surface area contributed by atoms with E-state index in [0.29, 0.717) is 0 Å². The van der Waals surface area contributed by atoms with Crippen molar-refractivity contribution < 1.29 is 71.8 Å².